The molecule has 0 fully saturated rings. The van der Waals surface area contributed by atoms with E-state index in [-0.39, 0.29) is 0 Å². The summed E-state index contributed by atoms with van der Waals surface area (Å²) in [7, 11) is 0. The van der Waals surface area contributed by atoms with Crippen molar-refractivity contribution in [2.45, 2.75) is 41.0 Å². The second-order valence-corrected chi connectivity index (χ2v) is 5.48. The largest absolute Gasteiger partial charge is 0.385 e. The van der Waals surface area contributed by atoms with Gasteiger partial charge in [-0.2, -0.15) is 0 Å². The lowest BCUT2D eigenvalue weighted by atomic mass is 9.92. The van der Waals surface area contributed by atoms with Crippen LogP contribution in [-0.2, 0) is 0 Å². The lowest BCUT2D eigenvalue weighted by Gasteiger charge is -2.19. The van der Waals surface area contributed by atoms with Crippen LogP contribution in [0.4, 0.5) is 5.69 Å². The molecule has 0 saturated carbocycles. The SMILES string of the molecule is Cc1cccc(NCCC(C)(C)C)c1C. The molecule has 0 amide bonds. The van der Waals surface area contributed by atoms with Crippen LogP contribution in [0.2, 0.25) is 0 Å². The highest BCUT2D eigenvalue weighted by atomic mass is 14.9. The number of nitrogens with one attached hydrogen (secondary N) is 1. The maximum atomic E-state index is 3.51. The molecule has 0 bridgehead atoms. The van der Waals surface area contributed by atoms with Crippen molar-refractivity contribution < 1.29 is 0 Å². The molecule has 1 aromatic carbocycles. The molecule has 1 N–H and O–H groups in total. The van der Waals surface area contributed by atoms with Crippen molar-refractivity contribution in [1.29, 1.82) is 0 Å². The standard InChI is InChI=1S/C14H23N/c1-11-7-6-8-13(12(11)2)15-10-9-14(3,4)5/h6-8,15H,9-10H2,1-5H3. The van der Waals surface area contributed by atoms with Crippen LogP contribution in [0, 0.1) is 19.3 Å². The quantitative estimate of drug-likeness (QED) is 0.781. The number of anilines is 1. The molecule has 0 atom stereocenters. The molecular weight excluding hydrogens is 182 g/mol. The second-order valence-electron chi connectivity index (χ2n) is 5.48. The molecule has 1 rings (SSSR count). The van der Waals surface area contributed by atoms with Gasteiger partial charge in [-0.3, -0.25) is 0 Å². The minimum absolute atomic E-state index is 0.407. The Morgan fingerprint density at radius 3 is 2.40 bits per heavy atom. The van der Waals surface area contributed by atoms with E-state index in [1.807, 2.05) is 0 Å². The molecule has 0 heterocycles. The third-order valence-corrected chi connectivity index (χ3v) is 2.80. The summed E-state index contributed by atoms with van der Waals surface area (Å²) in [5, 5.41) is 3.51. The molecule has 84 valence electrons. The molecule has 1 aromatic rings. The number of hydrogen-bond donors (Lipinski definition) is 1. The molecule has 0 saturated heterocycles. The van der Waals surface area contributed by atoms with Gasteiger partial charge in [-0.1, -0.05) is 32.9 Å². The van der Waals surface area contributed by atoms with Gasteiger partial charge < -0.3 is 5.32 Å². The summed E-state index contributed by atoms with van der Waals surface area (Å²) in [6.07, 6.45) is 1.19. The minimum Gasteiger partial charge on any atom is -0.385 e. The molecule has 0 radical (unpaired) electrons. The average Bonchev–Trinajstić information content (AvgIpc) is 2.10. The summed E-state index contributed by atoms with van der Waals surface area (Å²) >= 11 is 0. The lowest BCUT2D eigenvalue weighted by Crippen LogP contribution is -2.13. The van der Waals surface area contributed by atoms with E-state index >= 15 is 0 Å². The summed E-state index contributed by atoms with van der Waals surface area (Å²) in [6.45, 7) is 12.2. The van der Waals surface area contributed by atoms with Gasteiger partial charge in [0.15, 0.2) is 0 Å². The fourth-order valence-electron chi connectivity index (χ4n) is 1.51. The van der Waals surface area contributed by atoms with Gasteiger partial charge in [-0.25, -0.2) is 0 Å². The van der Waals surface area contributed by atoms with Crippen molar-refractivity contribution in [3.8, 4) is 0 Å². The van der Waals surface area contributed by atoms with Crippen molar-refractivity contribution in [3.63, 3.8) is 0 Å². The van der Waals surface area contributed by atoms with Gasteiger partial charge in [0.25, 0.3) is 0 Å². The number of aryl methyl sites for hydroxylation is 1. The maximum Gasteiger partial charge on any atom is 0.0372 e. The Kier molecular flexibility index (Phi) is 3.78. The molecule has 15 heavy (non-hydrogen) atoms. The van der Waals surface area contributed by atoms with E-state index < -0.39 is 0 Å². The summed E-state index contributed by atoms with van der Waals surface area (Å²) in [6, 6.07) is 6.43. The summed E-state index contributed by atoms with van der Waals surface area (Å²) < 4.78 is 0. The third kappa shape index (κ3) is 3.94. The van der Waals surface area contributed by atoms with E-state index in [2.05, 4.69) is 58.1 Å². The van der Waals surface area contributed by atoms with Crippen molar-refractivity contribution in [1.82, 2.24) is 0 Å². The van der Waals surface area contributed by atoms with Gasteiger partial charge in [0, 0.05) is 12.2 Å². The van der Waals surface area contributed by atoms with Crippen LogP contribution in [-0.4, -0.2) is 6.54 Å². The van der Waals surface area contributed by atoms with Crippen LogP contribution in [0.15, 0.2) is 18.2 Å². The van der Waals surface area contributed by atoms with Gasteiger partial charge >= 0.3 is 0 Å². The van der Waals surface area contributed by atoms with Crippen LogP contribution in [0.5, 0.6) is 0 Å². The monoisotopic (exact) mass is 205 g/mol. The van der Waals surface area contributed by atoms with E-state index in [0.29, 0.717) is 5.41 Å². The predicted octanol–water partition coefficient (Wildman–Crippen LogP) is 4.15. The van der Waals surface area contributed by atoms with Crippen LogP contribution in [0.1, 0.15) is 38.3 Å². The summed E-state index contributed by atoms with van der Waals surface area (Å²) in [5.41, 5.74) is 4.41. The van der Waals surface area contributed by atoms with Crippen molar-refractivity contribution in [2.75, 3.05) is 11.9 Å². The Bertz CT molecular complexity index is 321. The molecule has 0 aliphatic heterocycles. The van der Waals surface area contributed by atoms with Gasteiger partial charge in [-0.05, 0) is 42.9 Å². The van der Waals surface area contributed by atoms with E-state index in [1.165, 1.54) is 23.2 Å². The number of rotatable bonds is 3. The molecule has 0 spiro atoms. The fraction of sp³-hybridized carbons (Fsp3) is 0.571. The normalized spacial score (nSPS) is 11.5. The van der Waals surface area contributed by atoms with E-state index in [0.717, 1.165) is 6.54 Å². The van der Waals surface area contributed by atoms with Gasteiger partial charge in [0.05, 0.1) is 0 Å². The lowest BCUT2D eigenvalue weighted by molar-refractivity contribution is 0.390. The molecule has 1 heteroatoms. The number of hydrogen-bond acceptors (Lipinski definition) is 1. The second kappa shape index (κ2) is 4.69. The van der Waals surface area contributed by atoms with E-state index in [4.69, 9.17) is 0 Å². The topological polar surface area (TPSA) is 12.0 Å². The summed E-state index contributed by atoms with van der Waals surface area (Å²) in [4.78, 5) is 0. The van der Waals surface area contributed by atoms with E-state index in [9.17, 15) is 0 Å². The predicted molar refractivity (Wildman–Crippen MR) is 68.5 cm³/mol. The fourth-order valence-corrected chi connectivity index (χ4v) is 1.51. The van der Waals surface area contributed by atoms with Crippen molar-refractivity contribution in [2.24, 2.45) is 5.41 Å². The first kappa shape index (κ1) is 12.1. The molecular formula is C14H23N. The van der Waals surface area contributed by atoms with Crippen LogP contribution >= 0.6 is 0 Å². The van der Waals surface area contributed by atoms with Crippen molar-refractivity contribution >= 4 is 5.69 Å². The highest BCUT2D eigenvalue weighted by Crippen LogP contribution is 2.21. The molecule has 0 aliphatic carbocycles. The van der Waals surface area contributed by atoms with Crippen LogP contribution in [0.3, 0.4) is 0 Å². The Hall–Kier alpha value is -0.980. The number of benzene rings is 1. The Balaban J connectivity index is 2.55. The van der Waals surface area contributed by atoms with Gasteiger partial charge in [-0.15, -0.1) is 0 Å². The molecule has 0 aliphatic rings. The zero-order chi connectivity index (χ0) is 11.5. The molecule has 0 unspecified atom stereocenters. The Labute approximate surface area is 93.9 Å². The van der Waals surface area contributed by atoms with Crippen molar-refractivity contribution in [3.05, 3.63) is 29.3 Å². The maximum absolute atomic E-state index is 3.51. The molecule has 0 aromatic heterocycles. The zero-order valence-electron chi connectivity index (χ0n) is 10.6. The third-order valence-electron chi connectivity index (χ3n) is 2.80. The first-order valence-corrected chi connectivity index (χ1v) is 5.70. The summed E-state index contributed by atoms with van der Waals surface area (Å²) in [5.74, 6) is 0. The van der Waals surface area contributed by atoms with E-state index in [1.54, 1.807) is 0 Å². The molecule has 1 nitrogen and oxygen atoms in total. The first-order valence-electron chi connectivity index (χ1n) is 5.70. The van der Waals surface area contributed by atoms with Crippen LogP contribution < -0.4 is 5.32 Å². The van der Waals surface area contributed by atoms with Gasteiger partial charge in [0.1, 0.15) is 0 Å². The first-order chi connectivity index (χ1) is 6.90. The van der Waals surface area contributed by atoms with Gasteiger partial charge in [0.2, 0.25) is 0 Å². The van der Waals surface area contributed by atoms with Crippen LogP contribution in [0.25, 0.3) is 0 Å². The Morgan fingerprint density at radius 1 is 1.13 bits per heavy atom. The zero-order valence-corrected chi connectivity index (χ0v) is 10.6. The smallest absolute Gasteiger partial charge is 0.0372 e. The Morgan fingerprint density at radius 2 is 1.80 bits per heavy atom. The average molecular weight is 205 g/mol. The minimum atomic E-state index is 0.407. The highest BCUT2D eigenvalue weighted by Gasteiger charge is 2.09. The highest BCUT2D eigenvalue weighted by molar-refractivity contribution is 5.53.